The molecule has 0 aliphatic rings. The van der Waals surface area contributed by atoms with E-state index in [0.717, 1.165) is 0 Å². The lowest BCUT2D eigenvalue weighted by Crippen LogP contribution is -2.14. The number of nitrogens with one attached hydrogen (secondary N) is 1. The van der Waals surface area contributed by atoms with Crippen LogP contribution in [0.1, 0.15) is 15.9 Å². The van der Waals surface area contributed by atoms with Crippen molar-refractivity contribution in [2.75, 3.05) is 5.32 Å². The van der Waals surface area contributed by atoms with E-state index in [1.54, 1.807) is 24.3 Å². The van der Waals surface area contributed by atoms with Crippen LogP contribution in [0.15, 0.2) is 46.9 Å². The average Bonchev–Trinajstić information content (AvgIpc) is 2.43. The van der Waals surface area contributed by atoms with Gasteiger partial charge in [-0.3, -0.25) is 4.79 Å². The van der Waals surface area contributed by atoms with Gasteiger partial charge in [-0.25, -0.2) is 4.39 Å². The van der Waals surface area contributed by atoms with Crippen LogP contribution >= 0.6 is 28.1 Å². The second kappa shape index (κ2) is 6.11. The van der Waals surface area contributed by atoms with Crippen molar-refractivity contribution in [2.24, 2.45) is 5.73 Å². The summed E-state index contributed by atoms with van der Waals surface area (Å²) >= 11 is 8.08. The number of carbonyl (C=O) groups is 1. The van der Waals surface area contributed by atoms with E-state index in [2.05, 4.69) is 21.2 Å². The van der Waals surface area contributed by atoms with Gasteiger partial charge in [0, 0.05) is 15.6 Å². The van der Waals surface area contributed by atoms with E-state index in [0.29, 0.717) is 21.3 Å². The normalized spacial score (nSPS) is 10.1. The first-order chi connectivity index (χ1) is 9.47. The number of benzene rings is 2. The van der Waals surface area contributed by atoms with Gasteiger partial charge in [0.05, 0.1) is 5.69 Å². The highest BCUT2D eigenvalue weighted by Gasteiger charge is 2.09. The Labute approximate surface area is 129 Å². The van der Waals surface area contributed by atoms with Gasteiger partial charge in [-0.05, 0) is 46.3 Å². The van der Waals surface area contributed by atoms with E-state index < -0.39 is 5.82 Å². The largest absolute Gasteiger partial charge is 0.389 e. The molecule has 2 rings (SSSR count). The number of anilines is 1. The summed E-state index contributed by atoms with van der Waals surface area (Å²) in [5.74, 6) is -0.766. The zero-order chi connectivity index (χ0) is 14.7. The van der Waals surface area contributed by atoms with Gasteiger partial charge in [-0.15, -0.1) is 0 Å². The first kappa shape index (κ1) is 14.6. The number of hydrogen-bond donors (Lipinski definition) is 2. The van der Waals surface area contributed by atoms with Gasteiger partial charge in [0.25, 0.3) is 5.91 Å². The molecule has 0 atom stereocenters. The van der Waals surface area contributed by atoms with Crippen LogP contribution in [0, 0.1) is 5.82 Å². The van der Waals surface area contributed by atoms with Crippen molar-refractivity contribution in [3.05, 3.63) is 63.9 Å². The third-order valence-corrected chi connectivity index (χ3v) is 3.54. The minimum atomic E-state index is -0.424. The Kier molecular flexibility index (Phi) is 4.46. The Morgan fingerprint density at radius 3 is 2.35 bits per heavy atom. The maximum Gasteiger partial charge on any atom is 0.255 e. The molecule has 1 amide bonds. The standard InChI is InChI=1S/C14H10BrFN2OS/c15-11-6-5-10(16)7-12(11)18-14(19)9-3-1-8(2-4-9)13(17)20/h1-7H,(H2,17,20)(H,18,19). The fourth-order valence-corrected chi connectivity index (χ4v) is 2.06. The summed E-state index contributed by atoms with van der Waals surface area (Å²) in [7, 11) is 0. The molecule has 0 aliphatic heterocycles. The molecule has 0 aromatic heterocycles. The highest BCUT2D eigenvalue weighted by atomic mass is 79.9. The molecule has 0 aliphatic carbocycles. The van der Waals surface area contributed by atoms with Crippen LogP contribution in [0.5, 0.6) is 0 Å². The average molecular weight is 353 g/mol. The van der Waals surface area contributed by atoms with Gasteiger partial charge < -0.3 is 11.1 Å². The van der Waals surface area contributed by atoms with Crippen LogP contribution in [0.2, 0.25) is 0 Å². The molecule has 6 heteroatoms. The Bertz CT molecular complexity index is 673. The summed E-state index contributed by atoms with van der Waals surface area (Å²) in [6, 6.07) is 10.6. The second-order valence-corrected chi connectivity index (χ2v) is 5.31. The zero-order valence-electron chi connectivity index (χ0n) is 10.2. The van der Waals surface area contributed by atoms with E-state index in [9.17, 15) is 9.18 Å². The van der Waals surface area contributed by atoms with Crippen LogP contribution in [0.3, 0.4) is 0 Å². The molecule has 0 bridgehead atoms. The summed E-state index contributed by atoms with van der Waals surface area (Å²) < 4.78 is 13.7. The Balaban J connectivity index is 2.19. The lowest BCUT2D eigenvalue weighted by molar-refractivity contribution is 0.102. The first-order valence-corrected chi connectivity index (χ1v) is 6.84. The number of halogens is 2. The van der Waals surface area contributed by atoms with Crippen LogP contribution in [0.25, 0.3) is 0 Å². The molecule has 3 nitrogen and oxygen atoms in total. The molecule has 0 saturated carbocycles. The van der Waals surface area contributed by atoms with E-state index >= 15 is 0 Å². The number of thiocarbonyl (C=S) groups is 1. The summed E-state index contributed by atoms with van der Waals surface area (Å²) in [4.78, 5) is 12.3. The monoisotopic (exact) mass is 352 g/mol. The third-order valence-electron chi connectivity index (χ3n) is 2.61. The van der Waals surface area contributed by atoms with Gasteiger partial charge in [-0.2, -0.15) is 0 Å². The number of hydrogen-bond acceptors (Lipinski definition) is 2. The van der Waals surface area contributed by atoms with E-state index in [4.69, 9.17) is 18.0 Å². The number of carbonyl (C=O) groups excluding carboxylic acids is 1. The fraction of sp³-hybridized carbons (Fsp3) is 0. The van der Waals surface area contributed by atoms with Crippen molar-refractivity contribution < 1.29 is 9.18 Å². The SMILES string of the molecule is NC(=S)c1ccc(C(=O)Nc2cc(F)ccc2Br)cc1. The first-order valence-electron chi connectivity index (χ1n) is 5.63. The Morgan fingerprint density at radius 1 is 1.15 bits per heavy atom. The number of rotatable bonds is 3. The molecule has 0 spiro atoms. The van der Waals surface area contributed by atoms with Crippen molar-refractivity contribution in [2.45, 2.75) is 0 Å². The molecule has 0 heterocycles. The van der Waals surface area contributed by atoms with Gasteiger partial charge in [0.2, 0.25) is 0 Å². The highest BCUT2D eigenvalue weighted by Crippen LogP contribution is 2.23. The van der Waals surface area contributed by atoms with E-state index in [-0.39, 0.29) is 10.9 Å². The van der Waals surface area contributed by atoms with Gasteiger partial charge >= 0.3 is 0 Å². The maximum atomic E-state index is 13.1. The summed E-state index contributed by atoms with van der Waals surface area (Å²) in [5.41, 5.74) is 6.97. The molecule has 0 fully saturated rings. The van der Waals surface area contributed by atoms with E-state index in [1.165, 1.54) is 18.2 Å². The summed E-state index contributed by atoms with van der Waals surface area (Å²) in [6.07, 6.45) is 0. The smallest absolute Gasteiger partial charge is 0.255 e. The fourth-order valence-electron chi connectivity index (χ4n) is 1.57. The van der Waals surface area contributed by atoms with Crippen molar-refractivity contribution in [3.63, 3.8) is 0 Å². The van der Waals surface area contributed by atoms with Crippen molar-refractivity contribution >= 4 is 44.7 Å². The van der Waals surface area contributed by atoms with Gasteiger partial charge in [0.15, 0.2) is 0 Å². The number of amides is 1. The predicted molar refractivity (Wildman–Crippen MR) is 84.4 cm³/mol. The molecular weight excluding hydrogens is 343 g/mol. The molecule has 0 saturated heterocycles. The van der Waals surface area contributed by atoms with Crippen LogP contribution in [-0.4, -0.2) is 10.9 Å². The summed E-state index contributed by atoms with van der Waals surface area (Å²) in [5, 5.41) is 2.63. The molecule has 2 aromatic rings. The molecule has 3 N–H and O–H groups in total. The lowest BCUT2D eigenvalue weighted by atomic mass is 10.1. The Hall–Kier alpha value is -1.79. The highest BCUT2D eigenvalue weighted by molar-refractivity contribution is 9.10. The second-order valence-electron chi connectivity index (χ2n) is 4.02. The molecule has 102 valence electrons. The van der Waals surface area contributed by atoms with Crippen molar-refractivity contribution in [1.82, 2.24) is 0 Å². The molecule has 20 heavy (non-hydrogen) atoms. The van der Waals surface area contributed by atoms with Crippen LogP contribution in [-0.2, 0) is 0 Å². The number of nitrogens with two attached hydrogens (primary N) is 1. The summed E-state index contributed by atoms with van der Waals surface area (Å²) in [6.45, 7) is 0. The minimum absolute atomic E-state index is 0.268. The van der Waals surface area contributed by atoms with E-state index in [1.807, 2.05) is 0 Å². The zero-order valence-corrected chi connectivity index (χ0v) is 12.6. The van der Waals surface area contributed by atoms with Crippen molar-refractivity contribution in [1.29, 1.82) is 0 Å². The predicted octanol–water partition coefficient (Wildman–Crippen LogP) is 3.47. The quantitative estimate of drug-likeness (QED) is 0.831. The minimum Gasteiger partial charge on any atom is -0.389 e. The molecule has 2 aromatic carbocycles. The maximum absolute atomic E-state index is 13.1. The van der Waals surface area contributed by atoms with Gasteiger partial charge in [0.1, 0.15) is 10.8 Å². The lowest BCUT2D eigenvalue weighted by Gasteiger charge is -2.08. The van der Waals surface area contributed by atoms with Crippen molar-refractivity contribution in [3.8, 4) is 0 Å². The van der Waals surface area contributed by atoms with Gasteiger partial charge in [-0.1, -0.05) is 24.4 Å². The third kappa shape index (κ3) is 3.40. The molecular formula is C14H10BrFN2OS. The molecule has 0 radical (unpaired) electrons. The topological polar surface area (TPSA) is 55.1 Å². The molecule has 0 unspecified atom stereocenters. The van der Waals surface area contributed by atoms with Crippen LogP contribution in [0.4, 0.5) is 10.1 Å². The Morgan fingerprint density at radius 2 is 1.75 bits per heavy atom. The van der Waals surface area contributed by atoms with Crippen LogP contribution < -0.4 is 11.1 Å².